The van der Waals surface area contributed by atoms with E-state index < -0.39 is 0 Å². The first-order valence-corrected chi connectivity index (χ1v) is 8.33. The van der Waals surface area contributed by atoms with Gasteiger partial charge in [0.05, 0.1) is 0 Å². The molecule has 0 bridgehead atoms. The van der Waals surface area contributed by atoms with Gasteiger partial charge in [0.25, 0.3) is 0 Å². The standard InChI is InChI=1S/C18H20O2/c19-17-13(9-1-2-9)14(10-3-4-10)18(20)16(12-7-8-12)15(17)11-5-6-11/h9-12H,1-8H2. The van der Waals surface area contributed by atoms with Crippen LogP contribution in [0.4, 0.5) is 0 Å². The van der Waals surface area contributed by atoms with Crippen molar-refractivity contribution in [3.05, 3.63) is 22.3 Å². The van der Waals surface area contributed by atoms with E-state index in [-0.39, 0.29) is 0 Å². The second-order valence-electron chi connectivity index (χ2n) is 7.41. The van der Waals surface area contributed by atoms with Gasteiger partial charge in [0.2, 0.25) is 0 Å². The summed E-state index contributed by atoms with van der Waals surface area (Å²) in [6, 6.07) is 0. The first-order valence-electron chi connectivity index (χ1n) is 8.33. The number of ketones is 2. The van der Waals surface area contributed by atoms with E-state index in [0.29, 0.717) is 35.2 Å². The minimum Gasteiger partial charge on any atom is -0.289 e. The molecule has 0 spiro atoms. The van der Waals surface area contributed by atoms with E-state index in [2.05, 4.69) is 0 Å². The zero-order chi connectivity index (χ0) is 13.4. The van der Waals surface area contributed by atoms with E-state index in [0.717, 1.165) is 73.7 Å². The van der Waals surface area contributed by atoms with E-state index in [1.807, 2.05) is 0 Å². The zero-order valence-corrected chi connectivity index (χ0v) is 11.8. The van der Waals surface area contributed by atoms with Crippen LogP contribution in [-0.2, 0) is 9.59 Å². The van der Waals surface area contributed by atoms with Crippen LogP contribution in [-0.4, -0.2) is 11.6 Å². The van der Waals surface area contributed by atoms with Gasteiger partial charge >= 0.3 is 0 Å². The van der Waals surface area contributed by atoms with Crippen LogP contribution in [0, 0.1) is 23.7 Å². The van der Waals surface area contributed by atoms with Crippen molar-refractivity contribution in [1.82, 2.24) is 0 Å². The summed E-state index contributed by atoms with van der Waals surface area (Å²) >= 11 is 0. The fraction of sp³-hybridized carbons (Fsp3) is 0.667. The molecule has 0 aromatic heterocycles. The lowest BCUT2D eigenvalue weighted by molar-refractivity contribution is -0.117. The predicted molar refractivity (Wildman–Crippen MR) is 75.0 cm³/mol. The summed E-state index contributed by atoms with van der Waals surface area (Å²) in [7, 11) is 0. The molecule has 20 heavy (non-hydrogen) atoms. The van der Waals surface area contributed by atoms with E-state index in [9.17, 15) is 9.59 Å². The van der Waals surface area contributed by atoms with Gasteiger partial charge in [-0.15, -0.1) is 0 Å². The Kier molecular flexibility index (Phi) is 2.13. The monoisotopic (exact) mass is 268 g/mol. The maximum Gasteiger partial charge on any atom is 0.186 e. The number of allylic oxidation sites excluding steroid dienone is 4. The fourth-order valence-electron chi connectivity index (χ4n) is 3.89. The molecule has 0 heterocycles. The van der Waals surface area contributed by atoms with Crippen LogP contribution in [0.3, 0.4) is 0 Å². The topological polar surface area (TPSA) is 34.1 Å². The Labute approximate surface area is 119 Å². The van der Waals surface area contributed by atoms with Gasteiger partial charge in [-0.3, -0.25) is 9.59 Å². The highest BCUT2D eigenvalue weighted by atomic mass is 16.1. The van der Waals surface area contributed by atoms with Crippen LogP contribution in [0.5, 0.6) is 0 Å². The van der Waals surface area contributed by atoms with Gasteiger partial charge < -0.3 is 0 Å². The lowest BCUT2D eigenvalue weighted by Crippen LogP contribution is -2.28. The molecule has 104 valence electrons. The third-order valence-electron chi connectivity index (χ3n) is 5.50. The Hall–Kier alpha value is -1.18. The van der Waals surface area contributed by atoms with Crippen molar-refractivity contribution in [2.45, 2.75) is 51.4 Å². The van der Waals surface area contributed by atoms with E-state index >= 15 is 0 Å². The van der Waals surface area contributed by atoms with Crippen LogP contribution in [0.15, 0.2) is 22.3 Å². The van der Waals surface area contributed by atoms with Crippen molar-refractivity contribution in [1.29, 1.82) is 0 Å². The van der Waals surface area contributed by atoms with E-state index in [4.69, 9.17) is 0 Å². The third-order valence-corrected chi connectivity index (χ3v) is 5.50. The molecule has 5 aliphatic carbocycles. The normalized spacial score (nSPS) is 31.4. The van der Waals surface area contributed by atoms with Gasteiger partial charge in [-0.05, 0) is 75.0 Å². The highest BCUT2D eigenvalue weighted by molar-refractivity contribution is 6.26. The van der Waals surface area contributed by atoms with Gasteiger partial charge in [-0.25, -0.2) is 0 Å². The van der Waals surface area contributed by atoms with Crippen LogP contribution in [0.25, 0.3) is 0 Å². The molecule has 0 unspecified atom stereocenters. The van der Waals surface area contributed by atoms with Crippen LogP contribution >= 0.6 is 0 Å². The quantitative estimate of drug-likeness (QED) is 0.733. The summed E-state index contributed by atoms with van der Waals surface area (Å²) in [6.45, 7) is 0. The molecule has 0 radical (unpaired) electrons. The predicted octanol–water partition coefficient (Wildman–Crippen LogP) is 3.37. The number of carbonyl (C=O) groups excluding carboxylic acids is 2. The molecular weight excluding hydrogens is 248 g/mol. The summed E-state index contributed by atoms with van der Waals surface area (Å²) in [6.07, 6.45) is 9.01. The summed E-state index contributed by atoms with van der Waals surface area (Å²) in [5, 5.41) is 0. The Morgan fingerprint density at radius 2 is 0.650 bits per heavy atom. The Bertz CT molecular complexity index is 489. The largest absolute Gasteiger partial charge is 0.289 e. The van der Waals surface area contributed by atoms with Gasteiger partial charge in [0, 0.05) is 22.3 Å². The zero-order valence-electron chi connectivity index (χ0n) is 11.8. The highest BCUT2D eigenvalue weighted by Gasteiger charge is 2.51. The molecule has 0 aliphatic heterocycles. The number of hydrogen-bond donors (Lipinski definition) is 0. The summed E-state index contributed by atoms with van der Waals surface area (Å²) in [5.74, 6) is 2.32. The van der Waals surface area contributed by atoms with Crippen molar-refractivity contribution in [2.75, 3.05) is 0 Å². The fourth-order valence-corrected chi connectivity index (χ4v) is 3.89. The van der Waals surface area contributed by atoms with Crippen molar-refractivity contribution >= 4 is 11.6 Å². The summed E-state index contributed by atoms with van der Waals surface area (Å²) in [5.41, 5.74) is 3.90. The smallest absolute Gasteiger partial charge is 0.186 e. The average Bonchev–Trinajstić information content (AvgIpc) is 3.26. The van der Waals surface area contributed by atoms with Crippen LogP contribution < -0.4 is 0 Å². The molecular formula is C18H20O2. The van der Waals surface area contributed by atoms with Crippen molar-refractivity contribution in [3.63, 3.8) is 0 Å². The first-order chi connectivity index (χ1) is 9.75. The minimum atomic E-state index is 0.304. The maximum atomic E-state index is 13.1. The molecule has 0 aromatic carbocycles. The van der Waals surface area contributed by atoms with Crippen LogP contribution in [0.1, 0.15) is 51.4 Å². The SMILES string of the molecule is O=C1C(C2CC2)=C(C2CC2)C(=O)C(C2CC2)=C1C1CC1. The second kappa shape index (κ2) is 3.72. The lowest BCUT2D eigenvalue weighted by atomic mass is 9.77. The summed E-state index contributed by atoms with van der Waals surface area (Å²) < 4.78 is 0. The van der Waals surface area contributed by atoms with Crippen molar-refractivity contribution in [2.24, 2.45) is 23.7 Å². The Morgan fingerprint density at radius 1 is 0.450 bits per heavy atom. The second-order valence-corrected chi connectivity index (χ2v) is 7.41. The maximum absolute atomic E-state index is 13.1. The van der Waals surface area contributed by atoms with Gasteiger partial charge in [0.15, 0.2) is 11.6 Å². The van der Waals surface area contributed by atoms with Crippen molar-refractivity contribution in [3.8, 4) is 0 Å². The molecule has 5 aliphatic rings. The molecule has 2 heteroatoms. The molecule has 4 saturated carbocycles. The van der Waals surface area contributed by atoms with Crippen LogP contribution in [0.2, 0.25) is 0 Å². The van der Waals surface area contributed by atoms with Gasteiger partial charge in [0.1, 0.15) is 0 Å². The molecule has 0 amide bonds. The molecule has 0 aromatic rings. The molecule has 0 saturated heterocycles. The first kappa shape index (κ1) is 11.5. The summed E-state index contributed by atoms with van der Waals surface area (Å²) in [4.78, 5) is 26.1. The Morgan fingerprint density at radius 3 is 0.800 bits per heavy atom. The lowest BCUT2D eigenvalue weighted by Gasteiger charge is -2.24. The van der Waals surface area contributed by atoms with E-state index in [1.165, 1.54) is 0 Å². The number of Topliss-reactive ketones (excluding diaryl/α,β-unsaturated/α-hetero) is 2. The van der Waals surface area contributed by atoms with Gasteiger partial charge in [-0.1, -0.05) is 0 Å². The molecule has 0 atom stereocenters. The molecule has 5 rings (SSSR count). The van der Waals surface area contributed by atoms with Crippen molar-refractivity contribution < 1.29 is 9.59 Å². The molecule has 2 nitrogen and oxygen atoms in total. The number of carbonyl (C=O) groups is 2. The minimum absolute atomic E-state index is 0.304. The average molecular weight is 268 g/mol. The third kappa shape index (κ3) is 1.63. The Balaban J connectivity index is 1.66. The van der Waals surface area contributed by atoms with E-state index in [1.54, 1.807) is 0 Å². The molecule has 0 N–H and O–H groups in total. The number of hydrogen-bond acceptors (Lipinski definition) is 2. The number of rotatable bonds is 4. The highest BCUT2D eigenvalue weighted by Crippen LogP contribution is 2.55. The molecule has 4 fully saturated rings. The van der Waals surface area contributed by atoms with Gasteiger partial charge in [-0.2, -0.15) is 0 Å².